The molecule has 0 spiro atoms. The molecule has 168 valence electrons. The standard InChI is InChI=1S/C24H26N2O6/c1-32-23(29)22(28)26(18-7-3-2-4-8-18)20-10-6-5-9-19(20)21(27)12-11-17-13-15-25(16-14-17)24(30)31/h2-10,17H,11-16H2,1H3,(H,30,31). The highest BCUT2D eigenvalue weighted by Crippen LogP contribution is 2.31. The van der Waals surface area contributed by atoms with Gasteiger partial charge in [-0.2, -0.15) is 0 Å². The number of esters is 1. The molecule has 1 aliphatic heterocycles. The number of nitrogens with zero attached hydrogens (tertiary/aromatic N) is 2. The van der Waals surface area contributed by atoms with E-state index in [1.54, 1.807) is 54.6 Å². The molecule has 0 aromatic heterocycles. The van der Waals surface area contributed by atoms with Gasteiger partial charge in [-0.15, -0.1) is 0 Å². The first-order valence-corrected chi connectivity index (χ1v) is 10.5. The number of anilines is 2. The Bertz CT molecular complexity index is 983. The van der Waals surface area contributed by atoms with Crippen molar-refractivity contribution in [3.8, 4) is 0 Å². The van der Waals surface area contributed by atoms with E-state index in [1.807, 2.05) is 0 Å². The number of carbonyl (C=O) groups excluding carboxylic acids is 3. The minimum Gasteiger partial charge on any atom is -0.465 e. The molecule has 3 rings (SSSR count). The van der Waals surface area contributed by atoms with Gasteiger partial charge in [-0.25, -0.2) is 9.59 Å². The molecule has 2 amide bonds. The summed E-state index contributed by atoms with van der Waals surface area (Å²) >= 11 is 0. The van der Waals surface area contributed by atoms with Gasteiger partial charge in [0.1, 0.15) is 0 Å². The number of carbonyl (C=O) groups is 4. The van der Waals surface area contributed by atoms with E-state index in [4.69, 9.17) is 5.11 Å². The van der Waals surface area contributed by atoms with Crippen molar-refractivity contribution in [3.05, 3.63) is 60.2 Å². The number of para-hydroxylation sites is 2. The number of hydrogen-bond donors (Lipinski definition) is 1. The second-order valence-corrected chi connectivity index (χ2v) is 7.66. The summed E-state index contributed by atoms with van der Waals surface area (Å²) in [6.45, 7) is 0.945. The summed E-state index contributed by atoms with van der Waals surface area (Å²) in [5.41, 5.74) is 1.11. The van der Waals surface area contributed by atoms with Gasteiger partial charge < -0.3 is 14.7 Å². The van der Waals surface area contributed by atoms with Crippen molar-refractivity contribution >= 4 is 35.1 Å². The van der Waals surface area contributed by atoms with Crippen molar-refractivity contribution in [1.82, 2.24) is 4.90 Å². The number of carboxylic acid groups (broad SMARTS) is 1. The maximum atomic E-state index is 13.1. The Balaban J connectivity index is 1.80. The van der Waals surface area contributed by atoms with E-state index >= 15 is 0 Å². The molecule has 1 N–H and O–H groups in total. The molecule has 0 radical (unpaired) electrons. The van der Waals surface area contributed by atoms with Gasteiger partial charge in [-0.05, 0) is 49.4 Å². The summed E-state index contributed by atoms with van der Waals surface area (Å²) in [7, 11) is 1.14. The molecule has 0 bridgehead atoms. The van der Waals surface area contributed by atoms with Crippen molar-refractivity contribution in [2.75, 3.05) is 25.1 Å². The molecule has 2 aromatic carbocycles. The van der Waals surface area contributed by atoms with Crippen LogP contribution in [0.25, 0.3) is 0 Å². The molecule has 0 aliphatic carbocycles. The lowest BCUT2D eigenvalue weighted by Crippen LogP contribution is -2.37. The largest absolute Gasteiger partial charge is 0.465 e. The van der Waals surface area contributed by atoms with Crippen LogP contribution in [0.2, 0.25) is 0 Å². The Morgan fingerprint density at radius 2 is 1.62 bits per heavy atom. The highest BCUT2D eigenvalue weighted by molar-refractivity contribution is 6.40. The van der Waals surface area contributed by atoms with Crippen LogP contribution in [0.4, 0.5) is 16.2 Å². The van der Waals surface area contributed by atoms with Crippen LogP contribution in [0.1, 0.15) is 36.0 Å². The average Bonchev–Trinajstić information content (AvgIpc) is 2.83. The molecule has 0 unspecified atom stereocenters. The molecule has 1 saturated heterocycles. The van der Waals surface area contributed by atoms with Crippen LogP contribution in [0.3, 0.4) is 0 Å². The van der Waals surface area contributed by atoms with Crippen molar-refractivity contribution in [2.24, 2.45) is 5.92 Å². The van der Waals surface area contributed by atoms with Gasteiger partial charge in [0.25, 0.3) is 0 Å². The Labute approximate surface area is 186 Å². The molecule has 32 heavy (non-hydrogen) atoms. The van der Waals surface area contributed by atoms with Gasteiger partial charge in [0.05, 0.1) is 12.8 Å². The lowest BCUT2D eigenvalue weighted by Gasteiger charge is -2.30. The zero-order chi connectivity index (χ0) is 23.1. The summed E-state index contributed by atoms with van der Waals surface area (Å²) < 4.78 is 4.63. The van der Waals surface area contributed by atoms with Gasteiger partial charge >= 0.3 is 18.0 Å². The van der Waals surface area contributed by atoms with Gasteiger partial charge in [-0.3, -0.25) is 14.5 Å². The maximum Gasteiger partial charge on any atom is 0.407 e. The molecule has 0 atom stereocenters. The van der Waals surface area contributed by atoms with Gasteiger partial charge in [0.2, 0.25) is 0 Å². The van der Waals surface area contributed by atoms with Crippen LogP contribution < -0.4 is 4.90 Å². The molecule has 8 heteroatoms. The van der Waals surface area contributed by atoms with Crippen LogP contribution in [0, 0.1) is 5.92 Å². The van der Waals surface area contributed by atoms with Crippen LogP contribution in [-0.2, 0) is 14.3 Å². The SMILES string of the molecule is COC(=O)C(=O)N(c1ccccc1)c1ccccc1C(=O)CCC1CCN(C(=O)O)CC1. The Hall–Kier alpha value is -3.68. The second kappa shape index (κ2) is 10.6. The number of ether oxygens (including phenoxy) is 1. The smallest absolute Gasteiger partial charge is 0.407 e. The Morgan fingerprint density at radius 3 is 2.25 bits per heavy atom. The third-order valence-electron chi connectivity index (χ3n) is 5.69. The minimum absolute atomic E-state index is 0.139. The molecule has 1 aliphatic rings. The van der Waals surface area contributed by atoms with Crippen molar-refractivity contribution < 1.29 is 29.0 Å². The van der Waals surface area contributed by atoms with E-state index in [9.17, 15) is 19.2 Å². The normalized spacial score (nSPS) is 14.0. The van der Waals surface area contributed by atoms with E-state index < -0.39 is 18.0 Å². The highest BCUT2D eigenvalue weighted by Gasteiger charge is 2.29. The van der Waals surface area contributed by atoms with Crippen LogP contribution in [0.15, 0.2) is 54.6 Å². The minimum atomic E-state index is -1.03. The van der Waals surface area contributed by atoms with Crippen LogP contribution >= 0.6 is 0 Å². The maximum absolute atomic E-state index is 13.1. The van der Waals surface area contributed by atoms with Crippen molar-refractivity contribution in [2.45, 2.75) is 25.7 Å². The summed E-state index contributed by atoms with van der Waals surface area (Å²) in [4.78, 5) is 51.6. The molecule has 2 aromatic rings. The first kappa shape index (κ1) is 23.0. The lowest BCUT2D eigenvalue weighted by atomic mass is 9.90. The number of Topliss-reactive ketones (excluding diaryl/α,β-unsaturated/α-hetero) is 1. The first-order chi connectivity index (χ1) is 15.4. The summed E-state index contributed by atoms with van der Waals surface area (Å²) in [6.07, 6.45) is 1.43. The summed E-state index contributed by atoms with van der Waals surface area (Å²) in [5.74, 6) is -1.79. The molecule has 8 nitrogen and oxygen atoms in total. The molecular weight excluding hydrogens is 412 g/mol. The number of hydrogen-bond acceptors (Lipinski definition) is 5. The van der Waals surface area contributed by atoms with E-state index in [1.165, 1.54) is 9.80 Å². The number of benzene rings is 2. The summed E-state index contributed by atoms with van der Waals surface area (Å²) in [5, 5.41) is 9.08. The quantitative estimate of drug-likeness (QED) is 0.417. The number of rotatable bonds is 6. The zero-order valence-corrected chi connectivity index (χ0v) is 17.9. The predicted octanol–water partition coefficient (Wildman–Crippen LogP) is 3.88. The molecule has 1 fully saturated rings. The van der Waals surface area contributed by atoms with Crippen molar-refractivity contribution in [1.29, 1.82) is 0 Å². The molecule has 0 saturated carbocycles. The van der Waals surface area contributed by atoms with Gasteiger partial charge in [-0.1, -0.05) is 30.3 Å². The number of ketones is 1. The van der Waals surface area contributed by atoms with Gasteiger partial charge in [0.15, 0.2) is 5.78 Å². The van der Waals surface area contributed by atoms with Crippen LogP contribution in [0.5, 0.6) is 0 Å². The summed E-state index contributed by atoms with van der Waals surface area (Å²) in [6, 6.07) is 15.3. The molecular formula is C24H26N2O6. The topological polar surface area (TPSA) is 104 Å². The lowest BCUT2D eigenvalue weighted by molar-refractivity contribution is -0.151. The number of piperidine rings is 1. The number of likely N-dealkylation sites (tertiary alicyclic amines) is 1. The third kappa shape index (κ3) is 5.32. The molecule has 1 heterocycles. The van der Waals surface area contributed by atoms with Crippen molar-refractivity contribution in [3.63, 3.8) is 0 Å². The fraction of sp³-hybridized carbons (Fsp3) is 0.333. The average molecular weight is 438 g/mol. The van der Waals surface area contributed by atoms with E-state index in [2.05, 4.69) is 4.74 Å². The van der Waals surface area contributed by atoms with E-state index in [0.29, 0.717) is 36.4 Å². The fourth-order valence-corrected chi connectivity index (χ4v) is 3.91. The predicted molar refractivity (Wildman–Crippen MR) is 118 cm³/mol. The van der Waals surface area contributed by atoms with Crippen LogP contribution in [-0.4, -0.2) is 54.0 Å². The van der Waals surface area contributed by atoms with E-state index in [-0.39, 0.29) is 18.1 Å². The first-order valence-electron chi connectivity index (χ1n) is 10.5. The van der Waals surface area contributed by atoms with E-state index in [0.717, 1.165) is 20.0 Å². The fourth-order valence-electron chi connectivity index (χ4n) is 3.91. The third-order valence-corrected chi connectivity index (χ3v) is 5.69. The number of amides is 2. The number of methoxy groups -OCH3 is 1. The monoisotopic (exact) mass is 438 g/mol. The Morgan fingerprint density at radius 1 is 1.00 bits per heavy atom. The zero-order valence-electron chi connectivity index (χ0n) is 17.9. The van der Waals surface area contributed by atoms with Gasteiger partial charge in [0, 0.05) is 30.8 Å². The Kier molecular flexibility index (Phi) is 7.59. The second-order valence-electron chi connectivity index (χ2n) is 7.66. The highest BCUT2D eigenvalue weighted by atomic mass is 16.5.